The Hall–Kier alpha value is -0.570. The van der Waals surface area contributed by atoms with Gasteiger partial charge in [0.25, 0.3) is 0 Å². The van der Waals surface area contributed by atoms with Gasteiger partial charge in [0, 0.05) is 12.6 Å². The molecule has 4 aliphatic carbocycles. The van der Waals surface area contributed by atoms with E-state index in [4.69, 9.17) is 4.74 Å². The third-order valence-electron chi connectivity index (χ3n) is 6.88. The summed E-state index contributed by atoms with van der Waals surface area (Å²) in [6.45, 7) is 7.24. The molecule has 5 aliphatic rings. The number of hydrogen-bond acceptors (Lipinski definition) is 3. The maximum Gasteiger partial charge on any atom is 0.313 e. The van der Waals surface area contributed by atoms with Crippen molar-refractivity contribution >= 4 is 5.97 Å². The van der Waals surface area contributed by atoms with E-state index in [9.17, 15) is 4.79 Å². The van der Waals surface area contributed by atoms with Crippen LogP contribution in [-0.2, 0) is 9.53 Å². The second kappa shape index (κ2) is 4.00. The molecule has 3 heteroatoms. The number of nitrogens with one attached hydrogen (secondary N) is 1. The van der Waals surface area contributed by atoms with Gasteiger partial charge in [-0.25, -0.2) is 0 Å². The summed E-state index contributed by atoms with van der Waals surface area (Å²) in [5.41, 5.74) is -0.561. The fourth-order valence-corrected chi connectivity index (χ4v) is 5.33. The summed E-state index contributed by atoms with van der Waals surface area (Å²) in [5, 5.41) is 3.27. The van der Waals surface area contributed by atoms with Crippen LogP contribution in [0.5, 0.6) is 0 Å². The molecule has 1 atom stereocenters. The van der Waals surface area contributed by atoms with E-state index in [-0.39, 0.29) is 17.0 Å². The van der Waals surface area contributed by atoms with E-state index < -0.39 is 0 Å². The maximum absolute atomic E-state index is 12.7. The van der Waals surface area contributed by atoms with Gasteiger partial charge in [0.15, 0.2) is 0 Å². The Morgan fingerprint density at radius 3 is 2.05 bits per heavy atom. The lowest BCUT2D eigenvalue weighted by atomic mass is 9.50. The first-order valence-corrected chi connectivity index (χ1v) is 8.36. The van der Waals surface area contributed by atoms with E-state index >= 15 is 0 Å². The molecule has 3 nitrogen and oxygen atoms in total. The molecule has 0 aromatic heterocycles. The first-order chi connectivity index (χ1) is 9.39. The van der Waals surface area contributed by atoms with E-state index in [0.717, 1.165) is 18.4 Å². The fourth-order valence-electron chi connectivity index (χ4n) is 5.33. The second-order valence-electron chi connectivity index (χ2n) is 8.56. The molecule has 1 aliphatic heterocycles. The Morgan fingerprint density at radius 2 is 1.60 bits per heavy atom. The zero-order valence-electron chi connectivity index (χ0n) is 12.9. The van der Waals surface area contributed by atoms with Crippen LogP contribution < -0.4 is 5.32 Å². The van der Waals surface area contributed by atoms with Gasteiger partial charge in [-0.3, -0.25) is 4.79 Å². The number of esters is 1. The Morgan fingerprint density at radius 1 is 1.10 bits per heavy atom. The minimum absolute atomic E-state index is 0.0162. The molecule has 0 aromatic rings. The van der Waals surface area contributed by atoms with E-state index in [1.54, 1.807) is 0 Å². The number of carbonyl (C=O) groups excluding carboxylic acids is 1. The van der Waals surface area contributed by atoms with Crippen molar-refractivity contribution in [1.29, 1.82) is 0 Å². The summed E-state index contributed by atoms with van der Waals surface area (Å²) < 4.78 is 6.20. The van der Waals surface area contributed by atoms with Gasteiger partial charge in [0.1, 0.15) is 5.60 Å². The SMILES string of the molecule is CC(C)(C(=O)OC1(C)C2CC3CC(C2)CC1C3)C1CN1. The van der Waals surface area contributed by atoms with Gasteiger partial charge in [-0.05, 0) is 76.5 Å². The van der Waals surface area contributed by atoms with Gasteiger partial charge in [0.05, 0.1) is 5.41 Å². The topological polar surface area (TPSA) is 48.2 Å². The zero-order valence-corrected chi connectivity index (χ0v) is 12.9. The summed E-state index contributed by atoms with van der Waals surface area (Å²) in [6.07, 6.45) is 6.60. The summed E-state index contributed by atoms with van der Waals surface area (Å²) in [5.74, 6) is 3.09. The first kappa shape index (κ1) is 13.1. The third-order valence-corrected chi connectivity index (χ3v) is 6.88. The first-order valence-electron chi connectivity index (χ1n) is 8.36. The average molecular weight is 277 g/mol. The predicted octanol–water partition coefficient (Wildman–Crippen LogP) is 2.74. The minimum atomic E-state index is -0.377. The van der Waals surface area contributed by atoms with E-state index in [1.165, 1.54) is 32.1 Å². The highest BCUT2D eigenvalue weighted by Gasteiger charge is 2.58. The normalized spacial score (nSPS) is 49.2. The molecule has 0 radical (unpaired) electrons. The molecule has 5 rings (SSSR count). The minimum Gasteiger partial charge on any atom is -0.458 e. The van der Waals surface area contributed by atoms with Crippen LogP contribution in [0.1, 0.15) is 52.9 Å². The maximum atomic E-state index is 12.7. The molecule has 20 heavy (non-hydrogen) atoms. The Kier molecular flexibility index (Phi) is 2.62. The summed E-state index contributed by atoms with van der Waals surface area (Å²) in [4.78, 5) is 12.7. The number of ether oxygens (including phenoxy) is 1. The zero-order chi connectivity index (χ0) is 14.1. The Bertz CT molecular complexity index is 410. The molecule has 4 saturated carbocycles. The largest absolute Gasteiger partial charge is 0.458 e. The van der Waals surface area contributed by atoms with Crippen LogP contribution in [0.2, 0.25) is 0 Å². The van der Waals surface area contributed by atoms with E-state index in [1.807, 2.05) is 13.8 Å². The summed E-state index contributed by atoms with van der Waals surface area (Å²) >= 11 is 0. The highest BCUT2D eigenvalue weighted by Crippen LogP contribution is 2.59. The molecule has 0 spiro atoms. The van der Waals surface area contributed by atoms with Crippen LogP contribution in [0.4, 0.5) is 0 Å². The van der Waals surface area contributed by atoms with Crippen molar-refractivity contribution in [2.45, 2.75) is 64.5 Å². The molecular weight excluding hydrogens is 250 g/mol. The fraction of sp³-hybridized carbons (Fsp3) is 0.941. The van der Waals surface area contributed by atoms with Gasteiger partial charge in [0.2, 0.25) is 0 Å². The molecule has 1 unspecified atom stereocenters. The van der Waals surface area contributed by atoms with Gasteiger partial charge in [-0.1, -0.05) is 0 Å². The summed E-state index contributed by atoms with van der Waals surface area (Å²) in [6, 6.07) is 0.315. The van der Waals surface area contributed by atoms with Gasteiger partial charge in [-0.15, -0.1) is 0 Å². The highest BCUT2D eigenvalue weighted by molar-refractivity contribution is 5.78. The van der Waals surface area contributed by atoms with Crippen LogP contribution >= 0.6 is 0 Å². The van der Waals surface area contributed by atoms with Crippen molar-refractivity contribution in [2.24, 2.45) is 29.1 Å². The highest BCUT2D eigenvalue weighted by atomic mass is 16.6. The third kappa shape index (κ3) is 1.78. The summed E-state index contributed by atoms with van der Waals surface area (Å²) in [7, 11) is 0. The van der Waals surface area contributed by atoms with Gasteiger partial charge in [-0.2, -0.15) is 0 Å². The van der Waals surface area contributed by atoms with E-state index in [0.29, 0.717) is 17.9 Å². The number of rotatable bonds is 3. The second-order valence-corrected chi connectivity index (χ2v) is 8.56. The van der Waals surface area contributed by atoms with Crippen molar-refractivity contribution in [3.05, 3.63) is 0 Å². The smallest absolute Gasteiger partial charge is 0.313 e. The molecular formula is C17H27NO2. The monoisotopic (exact) mass is 277 g/mol. The Balaban J connectivity index is 1.54. The lowest BCUT2D eigenvalue weighted by molar-refractivity contribution is -0.211. The van der Waals surface area contributed by atoms with Crippen molar-refractivity contribution in [2.75, 3.05) is 6.54 Å². The number of hydrogen-bond donors (Lipinski definition) is 1. The number of carbonyl (C=O) groups is 1. The van der Waals surface area contributed by atoms with Gasteiger partial charge >= 0.3 is 5.97 Å². The molecule has 4 bridgehead atoms. The molecule has 1 heterocycles. The van der Waals surface area contributed by atoms with Crippen LogP contribution in [0, 0.1) is 29.1 Å². The lowest BCUT2D eigenvalue weighted by Gasteiger charge is -2.59. The van der Waals surface area contributed by atoms with Crippen molar-refractivity contribution in [3.63, 3.8) is 0 Å². The van der Waals surface area contributed by atoms with Crippen molar-refractivity contribution in [1.82, 2.24) is 5.32 Å². The van der Waals surface area contributed by atoms with Gasteiger partial charge < -0.3 is 10.1 Å². The standard InChI is InChI=1S/C17H27NO2/c1-16(2,14-9-18-14)15(19)20-17(3)12-5-10-4-11(7-12)8-13(17)6-10/h10-14,18H,4-9H2,1-3H3. The molecule has 0 amide bonds. The molecule has 0 aromatic carbocycles. The molecule has 112 valence electrons. The van der Waals surface area contributed by atoms with Crippen molar-refractivity contribution < 1.29 is 9.53 Å². The van der Waals surface area contributed by atoms with Crippen LogP contribution in [-0.4, -0.2) is 24.2 Å². The lowest BCUT2D eigenvalue weighted by Crippen LogP contribution is -2.59. The van der Waals surface area contributed by atoms with Crippen LogP contribution in [0.3, 0.4) is 0 Å². The quantitative estimate of drug-likeness (QED) is 0.637. The Labute approximate surface area is 121 Å². The van der Waals surface area contributed by atoms with Crippen LogP contribution in [0.15, 0.2) is 0 Å². The van der Waals surface area contributed by atoms with E-state index in [2.05, 4.69) is 12.2 Å². The molecule has 1 saturated heterocycles. The molecule has 5 fully saturated rings. The molecule has 1 N–H and O–H groups in total. The average Bonchev–Trinajstić information content (AvgIpc) is 3.19. The van der Waals surface area contributed by atoms with Crippen LogP contribution in [0.25, 0.3) is 0 Å². The predicted molar refractivity (Wildman–Crippen MR) is 77.1 cm³/mol. The van der Waals surface area contributed by atoms with Crippen molar-refractivity contribution in [3.8, 4) is 0 Å².